The summed E-state index contributed by atoms with van der Waals surface area (Å²) in [6.07, 6.45) is -0.806. The lowest BCUT2D eigenvalue weighted by Gasteiger charge is -2.25. The Kier molecular flexibility index (Phi) is 9.80. The van der Waals surface area contributed by atoms with Gasteiger partial charge >= 0.3 is 11.9 Å². The first-order valence-electron chi connectivity index (χ1n) is 15.7. The Morgan fingerprint density at radius 2 is 1.44 bits per heavy atom. The number of sulfone groups is 1. The van der Waals surface area contributed by atoms with Crippen LogP contribution in [-0.4, -0.2) is 67.9 Å². The van der Waals surface area contributed by atoms with Gasteiger partial charge < -0.3 is 20.1 Å². The smallest absolute Gasteiger partial charge is 0.344 e. The van der Waals surface area contributed by atoms with Crippen LogP contribution in [0.4, 0.5) is 11.4 Å². The summed E-state index contributed by atoms with van der Waals surface area (Å²) in [6, 6.07) is 15.6. The zero-order valence-electron chi connectivity index (χ0n) is 27.8. The highest BCUT2D eigenvalue weighted by molar-refractivity contribution is 7.91. The molecule has 0 atom stereocenters. The van der Waals surface area contributed by atoms with Crippen LogP contribution in [0.3, 0.4) is 0 Å². The molecule has 1 aromatic heterocycles. The van der Waals surface area contributed by atoms with Crippen LogP contribution in [0.15, 0.2) is 92.3 Å². The molecule has 19 heteroatoms. The van der Waals surface area contributed by atoms with E-state index in [0.717, 1.165) is 23.8 Å². The molecule has 0 spiro atoms. The third-order valence-corrected chi connectivity index (χ3v) is 12.1. The van der Waals surface area contributed by atoms with Crippen LogP contribution in [0, 0.1) is 6.92 Å². The Morgan fingerprint density at radius 3 is 2.07 bits per heavy atom. The maximum Gasteiger partial charge on any atom is 0.344 e. The van der Waals surface area contributed by atoms with Crippen LogP contribution >= 0.6 is 0 Å². The van der Waals surface area contributed by atoms with Gasteiger partial charge in [-0.1, -0.05) is 54.1 Å². The molecular weight excluding hydrogens is 769 g/mol. The van der Waals surface area contributed by atoms with Gasteiger partial charge in [-0.05, 0) is 48.7 Å². The van der Waals surface area contributed by atoms with Crippen molar-refractivity contribution in [2.24, 2.45) is 0 Å². The standard InChI is InChI=1S/C35H28N2O14S3/c1-18-8-10-19(11-9-18)17-51-35(42)31-28-21-5-2-3-6-22(21)33(40)29-24(16-26(54(48,49)50)32(30(28)29)37-34(31)41)36-23-15-20(12-13-25(23)53(45,46)47)52(43,44)14-4-7-27(38)39/h2-3,5-6,8-13,15-16,36H,4,7,14,17H2,1H3,(H,37,41)(H,38,39)(H,45,46,47)(H,48,49,50). The molecule has 6 rings (SSSR count). The van der Waals surface area contributed by atoms with Crippen molar-refractivity contribution < 1.29 is 58.6 Å². The Morgan fingerprint density at radius 1 is 0.796 bits per heavy atom. The number of nitrogens with one attached hydrogen (secondary N) is 2. The first-order valence-corrected chi connectivity index (χ1v) is 20.3. The number of rotatable bonds is 12. The molecule has 5 N–H and O–H groups in total. The van der Waals surface area contributed by atoms with Gasteiger partial charge in [0.15, 0.2) is 15.6 Å². The highest BCUT2D eigenvalue weighted by Gasteiger charge is 2.36. The number of pyridine rings is 1. The van der Waals surface area contributed by atoms with Gasteiger partial charge in [-0.25, -0.2) is 13.2 Å². The number of aliphatic carboxylic acids is 1. The van der Waals surface area contributed by atoms with E-state index in [9.17, 15) is 53.5 Å². The van der Waals surface area contributed by atoms with Gasteiger partial charge in [0.1, 0.15) is 22.0 Å². The minimum atomic E-state index is -5.29. The quantitative estimate of drug-likeness (QED) is 0.0854. The largest absolute Gasteiger partial charge is 0.481 e. The number of aromatic nitrogens is 1. The molecule has 0 saturated carbocycles. The fraction of sp³-hybridized carbons (Fsp3) is 0.143. The van der Waals surface area contributed by atoms with E-state index in [1.54, 1.807) is 24.3 Å². The van der Waals surface area contributed by atoms with E-state index in [4.69, 9.17) is 9.84 Å². The van der Waals surface area contributed by atoms with Gasteiger partial charge in [0.25, 0.3) is 25.8 Å². The molecule has 1 aliphatic carbocycles. The number of carboxylic acid groups (broad SMARTS) is 1. The summed E-state index contributed by atoms with van der Waals surface area (Å²) in [7, 11) is -14.7. The summed E-state index contributed by atoms with van der Waals surface area (Å²) in [4.78, 5) is 52.5. The number of esters is 1. The molecule has 0 radical (unpaired) electrons. The Balaban J connectivity index is 1.62. The number of benzene rings is 4. The van der Waals surface area contributed by atoms with Crippen LogP contribution in [0.25, 0.3) is 22.0 Å². The van der Waals surface area contributed by atoms with Gasteiger partial charge in [-0.3, -0.25) is 23.5 Å². The maximum atomic E-state index is 14.3. The van der Waals surface area contributed by atoms with Crippen molar-refractivity contribution in [3.05, 3.63) is 111 Å². The Labute approximate surface area is 306 Å². The molecule has 5 aromatic rings. The fourth-order valence-corrected chi connectivity index (χ4v) is 8.73. The highest BCUT2D eigenvalue weighted by Crippen LogP contribution is 2.46. The third-order valence-electron chi connectivity index (χ3n) is 8.56. The average Bonchev–Trinajstić information content (AvgIpc) is 3.08. The molecule has 0 unspecified atom stereocenters. The maximum absolute atomic E-state index is 14.3. The van der Waals surface area contributed by atoms with Gasteiger partial charge in [0.05, 0.1) is 33.1 Å². The van der Waals surface area contributed by atoms with Gasteiger partial charge in [0, 0.05) is 22.9 Å². The van der Waals surface area contributed by atoms with Gasteiger partial charge in [0.2, 0.25) is 0 Å². The normalized spacial score (nSPS) is 12.7. The predicted octanol–water partition coefficient (Wildman–Crippen LogP) is 4.28. The lowest BCUT2D eigenvalue weighted by atomic mass is 9.81. The van der Waals surface area contributed by atoms with Crippen molar-refractivity contribution in [3.8, 4) is 11.1 Å². The predicted molar refractivity (Wildman–Crippen MR) is 192 cm³/mol. The van der Waals surface area contributed by atoms with Crippen molar-refractivity contribution in [1.29, 1.82) is 0 Å². The summed E-state index contributed by atoms with van der Waals surface area (Å²) in [6.45, 7) is 1.57. The molecule has 0 bridgehead atoms. The number of aryl methyl sites for hydroxylation is 1. The van der Waals surface area contributed by atoms with Crippen molar-refractivity contribution in [2.45, 2.75) is 41.1 Å². The van der Waals surface area contributed by atoms with Crippen molar-refractivity contribution in [3.63, 3.8) is 0 Å². The first kappa shape index (κ1) is 38.0. The number of ketones is 1. The molecule has 280 valence electrons. The van der Waals surface area contributed by atoms with Crippen LogP contribution in [-0.2, 0) is 46.2 Å². The van der Waals surface area contributed by atoms with Crippen LogP contribution < -0.4 is 10.9 Å². The second-order valence-corrected chi connectivity index (χ2v) is 17.1. The average molecular weight is 797 g/mol. The second-order valence-electron chi connectivity index (χ2n) is 12.2. The molecule has 1 heterocycles. The van der Waals surface area contributed by atoms with E-state index in [-0.39, 0.29) is 35.1 Å². The number of hydrogen-bond acceptors (Lipinski definition) is 12. The zero-order chi connectivity index (χ0) is 39.3. The first-order chi connectivity index (χ1) is 25.3. The van der Waals surface area contributed by atoms with Crippen molar-refractivity contribution >= 4 is 70.1 Å². The molecule has 54 heavy (non-hydrogen) atoms. The van der Waals surface area contributed by atoms with Crippen LogP contribution in [0.2, 0.25) is 0 Å². The molecule has 0 fully saturated rings. The Hall–Kier alpha value is -5.73. The minimum Gasteiger partial charge on any atom is -0.481 e. The van der Waals surface area contributed by atoms with E-state index in [1.165, 1.54) is 24.3 Å². The molecule has 4 aromatic carbocycles. The van der Waals surface area contributed by atoms with E-state index >= 15 is 0 Å². The van der Waals surface area contributed by atoms with E-state index < -0.39 is 108 Å². The molecule has 1 aliphatic rings. The number of ether oxygens (including phenoxy) is 1. The number of carbonyl (C=O) groups excluding carboxylic acids is 2. The lowest BCUT2D eigenvalue weighted by molar-refractivity contribution is -0.137. The zero-order valence-corrected chi connectivity index (χ0v) is 30.3. The number of H-pyrrole nitrogens is 1. The second kappa shape index (κ2) is 13.9. The lowest BCUT2D eigenvalue weighted by Crippen LogP contribution is -2.26. The van der Waals surface area contributed by atoms with Gasteiger partial charge in [-0.2, -0.15) is 16.8 Å². The van der Waals surface area contributed by atoms with E-state index in [1.807, 2.05) is 6.92 Å². The highest BCUT2D eigenvalue weighted by atomic mass is 32.2. The Bertz CT molecular complexity index is 2830. The summed E-state index contributed by atoms with van der Waals surface area (Å²) in [5, 5.41) is 11.1. The SMILES string of the molecule is Cc1ccc(COC(=O)c2c3c4c(c(Nc5cc(S(=O)(=O)CCCC(=O)O)ccc5S(=O)(=O)O)cc(S(=O)(=O)O)c4[nH]c2=O)C(=O)c2ccccc2-3)cc1. The minimum absolute atomic E-state index is 0.0138. The van der Waals surface area contributed by atoms with Crippen molar-refractivity contribution in [2.75, 3.05) is 11.1 Å². The molecular formula is C35H28N2O14S3. The summed E-state index contributed by atoms with van der Waals surface area (Å²) in [5.74, 6) is -3.93. The van der Waals surface area contributed by atoms with Crippen LogP contribution in [0.1, 0.15) is 50.2 Å². The number of aromatic amines is 1. The summed E-state index contributed by atoms with van der Waals surface area (Å²) >= 11 is 0. The molecule has 0 amide bonds. The fourth-order valence-electron chi connectivity index (χ4n) is 6.09. The molecule has 0 saturated heterocycles. The number of anilines is 2. The third kappa shape index (κ3) is 7.26. The summed E-state index contributed by atoms with van der Waals surface area (Å²) in [5.41, 5.74) is -2.87. The van der Waals surface area contributed by atoms with Gasteiger partial charge in [-0.15, -0.1) is 0 Å². The van der Waals surface area contributed by atoms with Crippen molar-refractivity contribution in [1.82, 2.24) is 4.98 Å². The number of carboxylic acids is 1. The number of hydrogen-bond donors (Lipinski definition) is 5. The number of fused-ring (bicyclic) bond motifs is 2. The molecule has 16 nitrogen and oxygen atoms in total. The summed E-state index contributed by atoms with van der Waals surface area (Å²) < 4.78 is 103. The van der Waals surface area contributed by atoms with E-state index in [0.29, 0.717) is 11.6 Å². The number of carbonyl (C=O) groups is 3. The topological polar surface area (TPSA) is 268 Å². The van der Waals surface area contributed by atoms with E-state index in [2.05, 4.69) is 10.3 Å². The van der Waals surface area contributed by atoms with Crippen LogP contribution in [0.5, 0.6) is 0 Å². The monoisotopic (exact) mass is 796 g/mol. The molecule has 0 aliphatic heterocycles.